The number of amides is 1. The molecule has 0 N–H and O–H groups in total. The Hall–Kier alpha value is -3.01. The minimum absolute atomic E-state index is 0.240. The van der Waals surface area contributed by atoms with Crippen LogP contribution in [-0.2, 0) is 16.1 Å². The van der Waals surface area contributed by atoms with Gasteiger partial charge in [-0.1, -0.05) is 0 Å². The van der Waals surface area contributed by atoms with Crippen molar-refractivity contribution in [2.24, 2.45) is 0 Å². The lowest BCUT2D eigenvalue weighted by molar-refractivity contribution is -0.133. The molecule has 7 heteroatoms. The summed E-state index contributed by atoms with van der Waals surface area (Å²) in [5, 5.41) is 8.53. The van der Waals surface area contributed by atoms with E-state index in [4.69, 9.17) is 14.4 Å². The number of ether oxygens (including phenoxy) is 1. The molecule has 7 nitrogen and oxygen atoms in total. The van der Waals surface area contributed by atoms with Gasteiger partial charge in [-0.2, -0.15) is 5.26 Å². The monoisotopic (exact) mass is 343 g/mol. The molecule has 0 aliphatic carbocycles. The number of nitriles is 1. The number of carbonyl (C=O) groups is 2. The Morgan fingerprint density at radius 3 is 2.80 bits per heavy atom. The third-order valence-corrected chi connectivity index (χ3v) is 4.00. The van der Waals surface area contributed by atoms with E-state index in [2.05, 4.69) is 0 Å². The van der Waals surface area contributed by atoms with Crippen molar-refractivity contribution in [2.75, 3.05) is 20.2 Å². The molecule has 1 amide bonds. The second-order valence-corrected chi connectivity index (χ2v) is 5.75. The van der Waals surface area contributed by atoms with Gasteiger partial charge in [0, 0.05) is 25.0 Å². The Labute approximate surface area is 146 Å². The second-order valence-electron chi connectivity index (χ2n) is 5.75. The molecule has 0 saturated carbocycles. The van der Waals surface area contributed by atoms with Crippen molar-refractivity contribution in [3.63, 3.8) is 0 Å². The van der Waals surface area contributed by atoms with Crippen LogP contribution in [0.3, 0.4) is 0 Å². The zero-order valence-electron chi connectivity index (χ0n) is 14.6. The molecular formula is C18H21N3O4. The summed E-state index contributed by atoms with van der Waals surface area (Å²) in [5.41, 5.74) is 2.08. The van der Waals surface area contributed by atoms with Crippen LogP contribution in [0.2, 0.25) is 0 Å². The van der Waals surface area contributed by atoms with Gasteiger partial charge in [-0.25, -0.2) is 4.79 Å². The summed E-state index contributed by atoms with van der Waals surface area (Å²) in [6.45, 7) is 4.21. The molecule has 2 aromatic rings. The molecule has 0 saturated heterocycles. The number of hydrogen-bond acceptors (Lipinski definition) is 5. The molecule has 25 heavy (non-hydrogen) atoms. The summed E-state index contributed by atoms with van der Waals surface area (Å²) in [6, 6.07) is 7.39. The lowest BCUT2D eigenvalue weighted by Gasteiger charge is -2.15. The van der Waals surface area contributed by atoms with Gasteiger partial charge in [-0.15, -0.1) is 0 Å². The minimum atomic E-state index is -0.541. The first-order chi connectivity index (χ1) is 11.9. The quantitative estimate of drug-likeness (QED) is 0.720. The van der Waals surface area contributed by atoms with Crippen LogP contribution in [0.1, 0.15) is 33.9 Å². The summed E-state index contributed by atoms with van der Waals surface area (Å²) in [7, 11) is 1.57. The van der Waals surface area contributed by atoms with E-state index in [1.807, 2.05) is 36.6 Å². The molecule has 0 bridgehead atoms. The fourth-order valence-corrected chi connectivity index (χ4v) is 2.47. The molecule has 0 aliphatic heterocycles. The molecule has 2 heterocycles. The van der Waals surface area contributed by atoms with Crippen LogP contribution in [0.5, 0.6) is 0 Å². The molecule has 0 fully saturated rings. The molecule has 0 unspecified atom stereocenters. The Morgan fingerprint density at radius 2 is 2.16 bits per heavy atom. The summed E-state index contributed by atoms with van der Waals surface area (Å²) in [6.07, 6.45) is 1.84. The Kier molecular flexibility index (Phi) is 6.01. The van der Waals surface area contributed by atoms with E-state index >= 15 is 0 Å². The number of aryl methyl sites for hydroxylation is 1. The van der Waals surface area contributed by atoms with E-state index in [9.17, 15) is 9.59 Å². The van der Waals surface area contributed by atoms with Crippen LogP contribution in [0.25, 0.3) is 0 Å². The van der Waals surface area contributed by atoms with Crippen LogP contribution < -0.4 is 0 Å². The van der Waals surface area contributed by atoms with Crippen LogP contribution >= 0.6 is 0 Å². The van der Waals surface area contributed by atoms with Gasteiger partial charge < -0.3 is 18.6 Å². The van der Waals surface area contributed by atoms with Crippen molar-refractivity contribution in [1.29, 1.82) is 5.26 Å². The van der Waals surface area contributed by atoms with E-state index < -0.39 is 5.97 Å². The zero-order valence-corrected chi connectivity index (χ0v) is 14.6. The first-order valence-corrected chi connectivity index (χ1v) is 7.91. The molecule has 0 aliphatic rings. The normalized spacial score (nSPS) is 10.3. The van der Waals surface area contributed by atoms with Crippen molar-refractivity contribution < 1.29 is 18.7 Å². The predicted molar refractivity (Wildman–Crippen MR) is 89.9 cm³/mol. The summed E-state index contributed by atoms with van der Waals surface area (Å²) < 4.78 is 12.4. The van der Waals surface area contributed by atoms with E-state index in [1.165, 1.54) is 4.90 Å². The highest BCUT2D eigenvalue weighted by Crippen LogP contribution is 2.18. The van der Waals surface area contributed by atoms with Crippen molar-refractivity contribution in [3.8, 4) is 6.07 Å². The highest BCUT2D eigenvalue weighted by Gasteiger charge is 2.19. The number of esters is 1. The standard InChI is InChI=1S/C18H21N3O4/c1-13-10-16(14(2)21(13)11-15-6-4-9-24-15)18(23)25-12-17(22)20(3)8-5-7-19/h4,6,9-10H,5,8,11-12H2,1-3H3. The van der Waals surface area contributed by atoms with Crippen LogP contribution in [-0.4, -0.2) is 41.5 Å². The van der Waals surface area contributed by atoms with Gasteiger partial charge in [0.2, 0.25) is 0 Å². The number of hydrogen-bond donors (Lipinski definition) is 0. The lowest BCUT2D eigenvalue weighted by Crippen LogP contribution is -2.32. The molecule has 0 radical (unpaired) electrons. The number of nitrogens with zero attached hydrogens (tertiary/aromatic N) is 3. The maximum atomic E-state index is 12.3. The average molecular weight is 343 g/mol. The predicted octanol–water partition coefficient (Wildman–Crippen LogP) is 2.28. The number of furan rings is 1. The smallest absolute Gasteiger partial charge is 0.340 e. The molecular weight excluding hydrogens is 322 g/mol. The summed E-state index contributed by atoms with van der Waals surface area (Å²) >= 11 is 0. The van der Waals surface area contributed by atoms with E-state index in [0.29, 0.717) is 18.7 Å². The van der Waals surface area contributed by atoms with Crippen molar-refractivity contribution in [1.82, 2.24) is 9.47 Å². The van der Waals surface area contributed by atoms with Crippen molar-refractivity contribution >= 4 is 11.9 Å². The maximum Gasteiger partial charge on any atom is 0.340 e. The van der Waals surface area contributed by atoms with Gasteiger partial charge in [0.05, 0.1) is 30.9 Å². The molecule has 0 atom stereocenters. The molecule has 2 aromatic heterocycles. The fourth-order valence-electron chi connectivity index (χ4n) is 2.47. The van der Waals surface area contributed by atoms with E-state index in [0.717, 1.165) is 17.1 Å². The fraction of sp³-hybridized carbons (Fsp3) is 0.389. The van der Waals surface area contributed by atoms with Crippen molar-refractivity contribution in [2.45, 2.75) is 26.8 Å². The Morgan fingerprint density at radius 1 is 1.40 bits per heavy atom. The topological polar surface area (TPSA) is 88.5 Å². The summed E-state index contributed by atoms with van der Waals surface area (Å²) in [5.74, 6) is -0.0927. The largest absolute Gasteiger partial charge is 0.467 e. The summed E-state index contributed by atoms with van der Waals surface area (Å²) in [4.78, 5) is 25.5. The number of carbonyl (C=O) groups excluding carboxylic acids is 2. The van der Waals surface area contributed by atoms with Crippen molar-refractivity contribution in [3.05, 3.63) is 47.2 Å². The number of rotatable bonds is 7. The maximum absolute atomic E-state index is 12.3. The molecule has 132 valence electrons. The molecule has 2 rings (SSSR count). The zero-order chi connectivity index (χ0) is 18.4. The van der Waals surface area contributed by atoms with Gasteiger partial charge in [-0.05, 0) is 32.0 Å². The van der Waals surface area contributed by atoms with Crippen LogP contribution in [0.4, 0.5) is 0 Å². The first-order valence-electron chi connectivity index (χ1n) is 7.91. The average Bonchev–Trinajstić information content (AvgIpc) is 3.20. The third kappa shape index (κ3) is 4.51. The highest BCUT2D eigenvalue weighted by molar-refractivity contribution is 5.92. The third-order valence-electron chi connectivity index (χ3n) is 4.00. The van der Waals surface area contributed by atoms with E-state index in [-0.39, 0.29) is 18.9 Å². The van der Waals surface area contributed by atoms with Gasteiger partial charge in [0.1, 0.15) is 5.76 Å². The number of aromatic nitrogens is 1. The minimum Gasteiger partial charge on any atom is -0.467 e. The lowest BCUT2D eigenvalue weighted by atomic mass is 10.2. The van der Waals surface area contributed by atoms with Crippen LogP contribution in [0, 0.1) is 25.2 Å². The van der Waals surface area contributed by atoms with Gasteiger partial charge in [0.15, 0.2) is 6.61 Å². The molecule has 0 spiro atoms. The van der Waals surface area contributed by atoms with Crippen LogP contribution in [0.15, 0.2) is 28.9 Å². The SMILES string of the molecule is Cc1cc(C(=O)OCC(=O)N(C)CCC#N)c(C)n1Cc1ccco1. The van der Waals surface area contributed by atoms with Gasteiger partial charge in [0.25, 0.3) is 5.91 Å². The highest BCUT2D eigenvalue weighted by atomic mass is 16.5. The second kappa shape index (κ2) is 8.20. The first kappa shape index (κ1) is 18.3. The number of likely N-dealkylation sites (N-methyl/N-ethyl adjacent to an activating group) is 1. The van der Waals surface area contributed by atoms with E-state index in [1.54, 1.807) is 19.4 Å². The Bertz CT molecular complexity index is 784. The Balaban J connectivity index is 2.00. The van der Waals surface area contributed by atoms with Gasteiger partial charge in [-0.3, -0.25) is 4.79 Å². The molecule has 0 aromatic carbocycles. The van der Waals surface area contributed by atoms with Gasteiger partial charge >= 0.3 is 5.97 Å².